The highest BCUT2D eigenvalue weighted by molar-refractivity contribution is 6.08. The van der Waals surface area contributed by atoms with Gasteiger partial charge in [0.25, 0.3) is 5.91 Å². The molecule has 0 bridgehead atoms. The molecule has 0 N–H and O–H groups in total. The van der Waals surface area contributed by atoms with E-state index in [0.717, 1.165) is 31.2 Å². The van der Waals surface area contributed by atoms with E-state index in [0.29, 0.717) is 6.54 Å². The van der Waals surface area contributed by atoms with Crippen LogP contribution in [0.1, 0.15) is 24.5 Å². The van der Waals surface area contributed by atoms with Crippen LogP contribution in [0.4, 0.5) is 10.5 Å². The second kappa shape index (κ2) is 6.00. The Hall–Kier alpha value is -2.57. The van der Waals surface area contributed by atoms with E-state index < -0.39 is 12.2 Å². The van der Waals surface area contributed by atoms with Gasteiger partial charge in [-0.2, -0.15) is 0 Å². The second-order valence-corrected chi connectivity index (χ2v) is 7.23. The van der Waals surface area contributed by atoms with E-state index in [-0.39, 0.29) is 11.9 Å². The van der Waals surface area contributed by atoms with Crippen LogP contribution in [0, 0.1) is 13.8 Å². The zero-order valence-electron chi connectivity index (χ0n) is 15.8. The number of fused-ring (bicyclic) bond motifs is 3. The van der Waals surface area contributed by atoms with Crippen molar-refractivity contribution >= 4 is 23.6 Å². The second-order valence-electron chi connectivity index (χ2n) is 7.23. The fourth-order valence-electron chi connectivity index (χ4n) is 4.12. The Kier molecular flexibility index (Phi) is 3.89. The van der Waals surface area contributed by atoms with Crippen LogP contribution in [0.5, 0.6) is 0 Å². The summed E-state index contributed by atoms with van der Waals surface area (Å²) in [6.07, 6.45) is 0.316. The summed E-state index contributed by atoms with van der Waals surface area (Å²) in [4.78, 5) is 37.6. The van der Waals surface area contributed by atoms with Crippen LogP contribution >= 0.6 is 0 Å². The number of rotatable bonds is 3. The standard InChI is InChI=1S/C19H25N5O2/c1-5-9-24-17(25)15-16(21(4)19(24)26)20-18-22(10-11-23(15)18)14-8-6-7-12(2)13(14)3/h6-8,15-16H,5,9-11H2,1-4H3. The highest BCUT2D eigenvalue weighted by Crippen LogP contribution is 2.34. The summed E-state index contributed by atoms with van der Waals surface area (Å²) >= 11 is 0. The van der Waals surface area contributed by atoms with Crippen molar-refractivity contribution < 1.29 is 9.59 Å². The molecule has 3 aliphatic heterocycles. The molecule has 26 heavy (non-hydrogen) atoms. The molecule has 2 fully saturated rings. The van der Waals surface area contributed by atoms with Crippen molar-refractivity contribution in [2.24, 2.45) is 4.99 Å². The van der Waals surface area contributed by atoms with Crippen molar-refractivity contribution in [2.45, 2.75) is 39.4 Å². The Morgan fingerprint density at radius 3 is 2.69 bits per heavy atom. The Morgan fingerprint density at radius 1 is 1.19 bits per heavy atom. The molecule has 0 aromatic heterocycles. The van der Waals surface area contributed by atoms with E-state index in [2.05, 4.69) is 35.8 Å². The van der Waals surface area contributed by atoms with E-state index in [9.17, 15) is 9.59 Å². The van der Waals surface area contributed by atoms with Crippen LogP contribution in [0.2, 0.25) is 0 Å². The van der Waals surface area contributed by atoms with Gasteiger partial charge in [0.05, 0.1) is 0 Å². The van der Waals surface area contributed by atoms with Gasteiger partial charge in [-0.05, 0) is 37.5 Å². The molecule has 3 amide bonds. The fourth-order valence-corrected chi connectivity index (χ4v) is 4.12. The number of benzene rings is 1. The molecule has 0 saturated carbocycles. The number of anilines is 1. The lowest BCUT2D eigenvalue weighted by molar-refractivity contribution is -0.137. The van der Waals surface area contributed by atoms with E-state index in [1.54, 1.807) is 11.9 Å². The molecule has 2 saturated heterocycles. The number of likely N-dealkylation sites (N-methyl/N-ethyl adjacent to an activating group) is 1. The molecule has 2 atom stereocenters. The van der Waals surface area contributed by atoms with Crippen molar-refractivity contribution in [1.29, 1.82) is 0 Å². The van der Waals surface area contributed by atoms with Gasteiger partial charge >= 0.3 is 6.03 Å². The first-order valence-electron chi connectivity index (χ1n) is 9.22. The number of urea groups is 1. The van der Waals surface area contributed by atoms with Gasteiger partial charge in [0.2, 0.25) is 5.96 Å². The molecule has 3 aliphatic rings. The minimum absolute atomic E-state index is 0.124. The number of carbonyl (C=O) groups is 2. The molecule has 7 nitrogen and oxygen atoms in total. The number of aryl methyl sites for hydroxylation is 1. The maximum atomic E-state index is 13.0. The summed E-state index contributed by atoms with van der Waals surface area (Å²) in [6.45, 7) is 8.17. The first kappa shape index (κ1) is 16.9. The Morgan fingerprint density at radius 2 is 1.96 bits per heavy atom. The number of hydrogen-bond donors (Lipinski definition) is 0. The van der Waals surface area contributed by atoms with Crippen molar-refractivity contribution in [3.05, 3.63) is 29.3 Å². The molecule has 2 unspecified atom stereocenters. The van der Waals surface area contributed by atoms with Gasteiger partial charge in [-0.1, -0.05) is 19.1 Å². The van der Waals surface area contributed by atoms with Gasteiger partial charge in [0.1, 0.15) is 0 Å². The SMILES string of the molecule is CCCN1C(=O)C2C(N=C3N(c4cccc(C)c4C)CCN32)N(C)C1=O. The predicted octanol–water partition coefficient (Wildman–Crippen LogP) is 1.79. The predicted molar refractivity (Wildman–Crippen MR) is 100 cm³/mol. The molecule has 3 heterocycles. The summed E-state index contributed by atoms with van der Waals surface area (Å²) in [5, 5.41) is 0. The fraction of sp³-hybridized carbons (Fsp3) is 0.526. The highest BCUT2D eigenvalue weighted by Gasteiger charge is 2.54. The van der Waals surface area contributed by atoms with Crippen LogP contribution in [0.15, 0.2) is 23.2 Å². The number of nitrogens with zero attached hydrogens (tertiary/aromatic N) is 5. The summed E-state index contributed by atoms with van der Waals surface area (Å²) in [5.41, 5.74) is 3.57. The monoisotopic (exact) mass is 355 g/mol. The average molecular weight is 355 g/mol. The zero-order valence-corrected chi connectivity index (χ0v) is 15.8. The normalized spacial score (nSPS) is 25.0. The first-order chi connectivity index (χ1) is 12.5. The lowest BCUT2D eigenvalue weighted by Gasteiger charge is -2.40. The van der Waals surface area contributed by atoms with Crippen molar-refractivity contribution in [1.82, 2.24) is 14.7 Å². The Balaban J connectivity index is 1.70. The largest absolute Gasteiger partial charge is 0.328 e. The van der Waals surface area contributed by atoms with Crippen molar-refractivity contribution in [3.63, 3.8) is 0 Å². The maximum absolute atomic E-state index is 13.0. The first-order valence-corrected chi connectivity index (χ1v) is 9.22. The molecule has 4 rings (SSSR count). The topological polar surface area (TPSA) is 59.5 Å². The third-order valence-corrected chi connectivity index (χ3v) is 5.69. The third-order valence-electron chi connectivity index (χ3n) is 5.69. The van der Waals surface area contributed by atoms with Crippen molar-refractivity contribution in [2.75, 3.05) is 31.6 Å². The smallest absolute Gasteiger partial charge is 0.325 e. The van der Waals surface area contributed by atoms with Gasteiger partial charge in [-0.15, -0.1) is 0 Å². The minimum atomic E-state index is -0.439. The third kappa shape index (κ3) is 2.22. The van der Waals surface area contributed by atoms with E-state index >= 15 is 0 Å². The molecule has 1 aromatic carbocycles. The van der Waals surface area contributed by atoms with Gasteiger partial charge in [-0.3, -0.25) is 9.69 Å². The summed E-state index contributed by atoms with van der Waals surface area (Å²) in [6, 6.07) is 5.58. The average Bonchev–Trinajstić information content (AvgIpc) is 3.18. The van der Waals surface area contributed by atoms with Gasteiger partial charge in [-0.25, -0.2) is 9.79 Å². The summed E-state index contributed by atoms with van der Waals surface area (Å²) in [7, 11) is 1.74. The quantitative estimate of drug-likeness (QED) is 0.829. The van der Waals surface area contributed by atoms with E-state index in [1.807, 2.05) is 13.0 Å². The Bertz CT molecular complexity index is 805. The number of guanidine groups is 1. The molecule has 138 valence electrons. The van der Waals surface area contributed by atoms with Crippen LogP contribution in [0.25, 0.3) is 0 Å². The molecular weight excluding hydrogens is 330 g/mol. The maximum Gasteiger partial charge on any atom is 0.328 e. The number of hydrogen-bond acceptors (Lipinski definition) is 5. The molecule has 0 spiro atoms. The molecule has 0 radical (unpaired) electrons. The molecule has 7 heteroatoms. The Labute approximate surface area is 153 Å². The number of aliphatic imine (C=N–C) groups is 1. The number of amides is 3. The molecule has 1 aromatic rings. The van der Waals surface area contributed by atoms with Crippen molar-refractivity contribution in [3.8, 4) is 0 Å². The van der Waals surface area contributed by atoms with Crippen LogP contribution in [-0.2, 0) is 4.79 Å². The number of carbonyl (C=O) groups excluding carboxylic acids is 2. The zero-order chi connectivity index (χ0) is 18.6. The van der Waals surface area contributed by atoms with E-state index in [4.69, 9.17) is 4.99 Å². The lowest BCUT2D eigenvalue weighted by Crippen LogP contribution is -2.64. The van der Waals surface area contributed by atoms with Crippen LogP contribution in [-0.4, -0.2) is 71.5 Å². The lowest BCUT2D eigenvalue weighted by atomic mass is 10.1. The highest BCUT2D eigenvalue weighted by atomic mass is 16.2. The molecular formula is C19H25N5O2. The molecule has 0 aliphatic carbocycles. The van der Waals surface area contributed by atoms with Crippen LogP contribution < -0.4 is 4.90 Å². The van der Waals surface area contributed by atoms with Crippen LogP contribution in [0.3, 0.4) is 0 Å². The summed E-state index contributed by atoms with van der Waals surface area (Å²) < 4.78 is 0. The number of imide groups is 1. The van der Waals surface area contributed by atoms with Gasteiger partial charge in [0.15, 0.2) is 12.2 Å². The van der Waals surface area contributed by atoms with Gasteiger partial charge in [0, 0.05) is 32.4 Å². The minimum Gasteiger partial charge on any atom is -0.325 e. The van der Waals surface area contributed by atoms with E-state index in [1.165, 1.54) is 16.0 Å². The van der Waals surface area contributed by atoms with Gasteiger partial charge < -0.3 is 14.7 Å². The summed E-state index contributed by atoms with van der Waals surface area (Å²) in [5.74, 6) is 0.682.